The number of allylic oxidation sites excluding steroid dienone is 10. The van der Waals surface area contributed by atoms with Gasteiger partial charge in [-0.15, -0.1) is 0 Å². The topological polar surface area (TPSA) is 111 Å². The summed E-state index contributed by atoms with van der Waals surface area (Å²) < 4.78 is 33.9. The summed E-state index contributed by atoms with van der Waals surface area (Å²) in [6, 6.07) is 0. The molecule has 0 aliphatic rings. The van der Waals surface area contributed by atoms with Crippen molar-refractivity contribution in [1.82, 2.24) is 0 Å². The van der Waals surface area contributed by atoms with Gasteiger partial charge in [-0.3, -0.25) is 14.2 Å². The van der Waals surface area contributed by atoms with E-state index in [4.69, 9.17) is 18.5 Å². The van der Waals surface area contributed by atoms with E-state index < -0.39 is 32.5 Å². The van der Waals surface area contributed by atoms with E-state index in [9.17, 15) is 19.0 Å². The molecule has 0 aromatic carbocycles. The Hall–Kier alpha value is -2.29. The number of ether oxygens (including phenoxy) is 2. The smallest absolute Gasteiger partial charge is 0.306 e. The molecule has 0 aliphatic carbocycles. The van der Waals surface area contributed by atoms with Gasteiger partial charge >= 0.3 is 11.9 Å². The lowest BCUT2D eigenvalue weighted by Crippen LogP contribution is -2.37. The third-order valence-electron chi connectivity index (χ3n) is 10.1. The largest absolute Gasteiger partial charge is 0.756 e. The minimum atomic E-state index is -4.64. The molecule has 0 saturated carbocycles. The maximum atomic E-state index is 12.7. The van der Waals surface area contributed by atoms with Crippen LogP contribution in [0.1, 0.15) is 194 Å². The van der Waals surface area contributed by atoms with Crippen LogP contribution in [-0.2, 0) is 32.7 Å². The zero-order chi connectivity index (χ0) is 44.3. The first-order valence-corrected chi connectivity index (χ1v) is 25.5. The molecule has 2 atom stereocenters. The Bertz CT molecular complexity index is 1210. The van der Waals surface area contributed by atoms with Gasteiger partial charge in [-0.05, 0) is 51.4 Å². The van der Waals surface area contributed by atoms with E-state index in [0.717, 1.165) is 51.4 Å². The fourth-order valence-electron chi connectivity index (χ4n) is 6.34. The Kier molecular flexibility index (Phi) is 40.4. The van der Waals surface area contributed by atoms with Crippen molar-refractivity contribution in [2.45, 2.75) is 200 Å². The summed E-state index contributed by atoms with van der Waals surface area (Å²) in [7, 11) is 1.13. The van der Waals surface area contributed by atoms with Gasteiger partial charge < -0.3 is 27.9 Å². The van der Waals surface area contributed by atoms with Crippen LogP contribution in [0.25, 0.3) is 0 Å². The number of nitrogens with zero attached hydrogens (tertiary/aromatic N) is 1. The number of phosphoric acid groups is 1. The van der Waals surface area contributed by atoms with Crippen LogP contribution in [0.2, 0.25) is 0 Å². The van der Waals surface area contributed by atoms with Gasteiger partial charge in [0.1, 0.15) is 19.8 Å². The van der Waals surface area contributed by atoms with Crippen LogP contribution in [-0.4, -0.2) is 70.0 Å². The van der Waals surface area contributed by atoms with Gasteiger partial charge in [0.15, 0.2) is 6.10 Å². The normalized spacial score (nSPS) is 14.0. The predicted octanol–water partition coefficient (Wildman–Crippen LogP) is 13.4. The van der Waals surface area contributed by atoms with Gasteiger partial charge in [-0.2, -0.15) is 0 Å². The van der Waals surface area contributed by atoms with Crippen molar-refractivity contribution in [1.29, 1.82) is 0 Å². The number of phosphoric ester groups is 1. The molecule has 0 aliphatic heterocycles. The molecule has 9 nitrogen and oxygen atoms in total. The van der Waals surface area contributed by atoms with Crippen molar-refractivity contribution >= 4 is 19.8 Å². The first kappa shape index (κ1) is 57.7. The first-order valence-electron chi connectivity index (χ1n) is 24.0. The van der Waals surface area contributed by atoms with E-state index in [1.165, 1.54) is 103 Å². The van der Waals surface area contributed by atoms with Gasteiger partial charge in [0, 0.05) is 12.8 Å². The SMILES string of the molecule is CC/C=C/C/C=C/C/C=C/C/C=C/C/C=C/CCCC(=O)O[C@H](COC(=O)CCCCCCCCCCCCCCCCCCCCC)COP(=O)([O-])OCC[N+](C)(C)C. The van der Waals surface area contributed by atoms with Crippen LogP contribution >= 0.6 is 7.82 Å². The molecule has 0 saturated heterocycles. The van der Waals surface area contributed by atoms with Crippen LogP contribution < -0.4 is 4.89 Å². The zero-order valence-electron chi connectivity index (χ0n) is 39.1. The lowest BCUT2D eigenvalue weighted by molar-refractivity contribution is -0.870. The van der Waals surface area contributed by atoms with Crippen LogP contribution in [0.5, 0.6) is 0 Å². The fourth-order valence-corrected chi connectivity index (χ4v) is 7.07. The minimum Gasteiger partial charge on any atom is -0.756 e. The predicted molar refractivity (Wildman–Crippen MR) is 250 cm³/mol. The number of quaternary nitrogens is 1. The third kappa shape index (κ3) is 45.2. The number of carbonyl (C=O) groups excluding carboxylic acids is 2. The fraction of sp³-hybridized carbons (Fsp3) is 0.760. The molecule has 60 heavy (non-hydrogen) atoms. The van der Waals surface area contributed by atoms with Crippen LogP contribution in [0, 0.1) is 0 Å². The second-order valence-electron chi connectivity index (χ2n) is 17.1. The monoisotopic (exact) mass is 864 g/mol. The molecule has 0 aromatic heterocycles. The molecule has 348 valence electrons. The Labute approximate surface area is 368 Å². The van der Waals surface area contributed by atoms with Gasteiger partial charge in [0.25, 0.3) is 7.82 Å². The average Bonchev–Trinajstić information content (AvgIpc) is 3.20. The van der Waals surface area contributed by atoms with Crippen LogP contribution in [0.15, 0.2) is 60.8 Å². The number of carbonyl (C=O) groups is 2. The summed E-state index contributed by atoms with van der Waals surface area (Å²) >= 11 is 0. The van der Waals surface area contributed by atoms with Crippen LogP contribution in [0.3, 0.4) is 0 Å². The summed E-state index contributed by atoms with van der Waals surface area (Å²) in [5.74, 6) is -0.900. The average molecular weight is 864 g/mol. The molecule has 10 heteroatoms. The summed E-state index contributed by atoms with van der Waals surface area (Å²) in [6.07, 6.45) is 51.2. The van der Waals surface area contributed by atoms with Crippen molar-refractivity contribution < 1.29 is 42.1 Å². The number of esters is 2. The molecule has 0 aromatic rings. The quantitative estimate of drug-likeness (QED) is 0.0196. The molecule has 0 spiro atoms. The highest BCUT2D eigenvalue weighted by Crippen LogP contribution is 2.38. The Morgan fingerprint density at radius 3 is 1.40 bits per heavy atom. The summed E-state index contributed by atoms with van der Waals surface area (Å²) in [6.45, 7) is 4.06. The van der Waals surface area contributed by atoms with E-state index in [2.05, 4.69) is 68.5 Å². The lowest BCUT2D eigenvalue weighted by Gasteiger charge is -2.28. The van der Waals surface area contributed by atoms with Gasteiger partial charge in [-0.1, -0.05) is 190 Å². The van der Waals surface area contributed by atoms with Crippen molar-refractivity contribution in [2.24, 2.45) is 0 Å². The summed E-state index contributed by atoms with van der Waals surface area (Å²) in [4.78, 5) is 37.6. The maximum Gasteiger partial charge on any atom is 0.306 e. The number of hydrogen-bond donors (Lipinski definition) is 0. The summed E-state index contributed by atoms with van der Waals surface area (Å²) in [5.41, 5.74) is 0. The second-order valence-corrected chi connectivity index (χ2v) is 18.5. The molecule has 0 bridgehead atoms. The van der Waals surface area contributed by atoms with E-state index >= 15 is 0 Å². The zero-order valence-corrected chi connectivity index (χ0v) is 40.0. The van der Waals surface area contributed by atoms with Crippen molar-refractivity contribution in [2.75, 3.05) is 47.5 Å². The second kappa shape index (κ2) is 42.0. The highest BCUT2D eigenvalue weighted by Gasteiger charge is 2.21. The molecular formula is C50H90NO8P. The highest BCUT2D eigenvalue weighted by molar-refractivity contribution is 7.45. The molecule has 0 amide bonds. The van der Waals surface area contributed by atoms with Gasteiger partial charge in [-0.25, -0.2) is 0 Å². The maximum absolute atomic E-state index is 12.7. The number of likely N-dealkylation sites (N-methyl/N-ethyl adjacent to an activating group) is 1. The molecule has 1 unspecified atom stereocenters. The van der Waals surface area contributed by atoms with Crippen molar-refractivity contribution in [3.8, 4) is 0 Å². The first-order chi connectivity index (χ1) is 29.0. The van der Waals surface area contributed by atoms with Gasteiger partial charge in [0.05, 0.1) is 27.7 Å². The Balaban J connectivity index is 4.36. The molecule has 0 heterocycles. The Morgan fingerprint density at radius 1 is 0.533 bits per heavy atom. The van der Waals surface area contributed by atoms with Crippen molar-refractivity contribution in [3.63, 3.8) is 0 Å². The summed E-state index contributed by atoms with van der Waals surface area (Å²) in [5, 5.41) is 0. The number of unbranched alkanes of at least 4 members (excludes halogenated alkanes) is 19. The molecular weight excluding hydrogens is 774 g/mol. The minimum absolute atomic E-state index is 0.0427. The van der Waals surface area contributed by atoms with Crippen molar-refractivity contribution in [3.05, 3.63) is 60.8 Å². The molecule has 0 radical (unpaired) electrons. The Morgan fingerprint density at radius 2 is 0.950 bits per heavy atom. The molecule has 0 fully saturated rings. The van der Waals surface area contributed by atoms with E-state index in [0.29, 0.717) is 23.9 Å². The standard InChI is InChI=1S/C50H90NO8P/c1-6-8-10-12-14-16-18-20-22-24-25-27-28-30-32-34-36-38-40-42-49(52)56-46-48(47-58-60(54,55)57-45-44-51(3,4)5)59-50(53)43-41-39-37-35-33-31-29-26-23-21-19-17-15-13-11-9-7-2/h9,11,15,17,21,23,29,31,35,37,48H,6-8,10,12-14,16,18-20,22,24-28,30,32-34,36,38-47H2,1-5H3/b11-9+,17-15+,23-21+,31-29+,37-35+/t48-/m1/s1. The van der Waals surface area contributed by atoms with E-state index in [1.54, 1.807) is 0 Å². The third-order valence-corrected chi connectivity index (χ3v) is 11.0. The highest BCUT2D eigenvalue weighted by atomic mass is 31.2. The number of rotatable bonds is 43. The van der Waals surface area contributed by atoms with Crippen LogP contribution in [0.4, 0.5) is 0 Å². The van der Waals surface area contributed by atoms with E-state index in [1.807, 2.05) is 27.2 Å². The molecule has 0 rings (SSSR count). The van der Waals surface area contributed by atoms with Gasteiger partial charge in [0.2, 0.25) is 0 Å². The lowest BCUT2D eigenvalue weighted by atomic mass is 10.0. The molecule has 0 N–H and O–H groups in total. The van der Waals surface area contributed by atoms with E-state index in [-0.39, 0.29) is 26.1 Å². The number of hydrogen-bond acceptors (Lipinski definition) is 8.